The molecule has 0 aliphatic carbocycles. The van der Waals surface area contributed by atoms with Crippen molar-refractivity contribution in [1.82, 2.24) is 4.98 Å². The number of rotatable bonds is 6. The predicted octanol–water partition coefficient (Wildman–Crippen LogP) is 3.31. The van der Waals surface area contributed by atoms with Gasteiger partial charge in [0.05, 0.1) is 17.8 Å². The molecule has 0 bridgehead atoms. The molecule has 5 heteroatoms. The van der Waals surface area contributed by atoms with E-state index in [2.05, 4.69) is 18.8 Å². The highest BCUT2D eigenvalue weighted by atomic mass is 32.1. The van der Waals surface area contributed by atoms with Crippen molar-refractivity contribution in [1.29, 1.82) is 0 Å². The lowest BCUT2D eigenvalue weighted by Crippen LogP contribution is -2.03. The first kappa shape index (κ1) is 14.8. The number of hydrogen-bond donors (Lipinski definition) is 1. The molecule has 0 spiro atoms. The number of nitrogens with two attached hydrogens (primary N) is 1. The molecule has 0 saturated carbocycles. The number of ether oxygens (including phenoxy) is 2. The van der Waals surface area contributed by atoms with Gasteiger partial charge in [0.2, 0.25) is 0 Å². The van der Waals surface area contributed by atoms with Crippen LogP contribution in [0.3, 0.4) is 0 Å². The summed E-state index contributed by atoms with van der Waals surface area (Å²) in [6.07, 6.45) is 0. The molecule has 0 atom stereocenters. The first-order valence-corrected chi connectivity index (χ1v) is 7.46. The zero-order valence-electron chi connectivity index (χ0n) is 12.1. The van der Waals surface area contributed by atoms with Crippen LogP contribution >= 0.6 is 11.3 Å². The second-order valence-electron chi connectivity index (χ2n) is 4.80. The van der Waals surface area contributed by atoms with E-state index in [0.717, 1.165) is 27.8 Å². The summed E-state index contributed by atoms with van der Waals surface area (Å²) in [6, 6.07) is 5.67. The summed E-state index contributed by atoms with van der Waals surface area (Å²) in [5.41, 5.74) is 7.63. The smallest absolute Gasteiger partial charge is 0.131 e. The minimum atomic E-state index is 0.438. The van der Waals surface area contributed by atoms with Crippen LogP contribution < -0.4 is 15.2 Å². The van der Waals surface area contributed by atoms with Crippen LogP contribution in [0.4, 0.5) is 0 Å². The van der Waals surface area contributed by atoms with Gasteiger partial charge in [0.1, 0.15) is 18.1 Å². The highest BCUT2D eigenvalue weighted by molar-refractivity contribution is 7.09. The molecule has 1 aromatic carbocycles. The van der Waals surface area contributed by atoms with Crippen molar-refractivity contribution in [3.63, 3.8) is 0 Å². The summed E-state index contributed by atoms with van der Waals surface area (Å²) in [7, 11) is 1.64. The second kappa shape index (κ2) is 6.72. The number of nitrogens with zero attached hydrogens (tertiary/aromatic N) is 1. The maximum atomic E-state index is 5.83. The Bertz CT molecular complexity index is 567. The van der Waals surface area contributed by atoms with Gasteiger partial charge >= 0.3 is 0 Å². The molecule has 2 N–H and O–H groups in total. The molecule has 0 amide bonds. The first-order valence-electron chi connectivity index (χ1n) is 6.58. The van der Waals surface area contributed by atoms with Crippen molar-refractivity contribution >= 4 is 11.3 Å². The van der Waals surface area contributed by atoms with Crippen molar-refractivity contribution in [3.8, 4) is 11.5 Å². The summed E-state index contributed by atoms with van der Waals surface area (Å²) < 4.78 is 11.0. The quantitative estimate of drug-likeness (QED) is 0.887. The third kappa shape index (κ3) is 3.49. The lowest BCUT2D eigenvalue weighted by Gasteiger charge is -2.11. The fraction of sp³-hybridized carbons (Fsp3) is 0.400. The van der Waals surface area contributed by atoms with E-state index in [0.29, 0.717) is 19.1 Å². The van der Waals surface area contributed by atoms with E-state index in [1.165, 1.54) is 0 Å². The number of aromatic nitrogens is 1. The number of methoxy groups -OCH3 is 1. The van der Waals surface area contributed by atoms with Crippen LogP contribution in [0, 0.1) is 0 Å². The first-order chi connectivity index (χ1) is 9.63. The zero-order chi connectivity index (χ0) is 14.5. The molecule has 20 heavy (non-hydrogen) atoms. The molecule has 1 heterocycles. The van der Waals surface area contributed by atoms with Gasteiger partial charge in [-0.1, -0.05) is 19.9 Å². The molecule has 0 radical (unpaired) electrons. The summed E-state index contributed by atoms with van der Waals surface area (Å²) in [5, 5.41) is 3.17. The molecule has 2 aromatic rings. The lowest BCUT2D eigenvalue weighted by atomic mass is 10.2. The molecule has 0 fully saturated rings. The third-order valence-electron chi connectivity index (χ3n) is 2.93. The standard InChI is InChI=1S/C15H20N2O2S/c1-10(2)15-17-12(9-20-15)8-19-14-6-13(18-3)5-4-11(14)7-16/h4-6,9-10H,7-8,16H2,1-3H3. The van der Waals surface area contributed by atoms with E-state index >= 15 is 0 Å². The summed E-state index contributed by atoms with van der Waals surface area (Å²) >= 11 is 1.67. The Labute approximate surface area is 123 Å². The molecule has 4 nitrogen and oxygen atoms in total. The normalized spacial score (nSPS) is 10.8. The van der Waals surface area contributed by atoms with Crippen LogP contribution in [0.15, 0.2) is 23.6 Å². The van der Waals surface area contributed by atoms with Crippen molar-refractivity contribution in [3.05, 3.63) is 39.8 Å². The molecule has 2 rings (SSSR count). The summed E-state index contributed by atoms with van der Waals surface area (Å²) in [5.74, 6) is 1.97. The molecule has 0 aliphatic heterocycles. The topological polar surface area (TPSA) is 57.4 Å². The maximum Gasteiger partial charge on any atom is 0.131 e. The van der Waals surface area contributed by atoms with Crippen LogP contribution in [-0.2, 0) is 13.2 Å². The monoisotopic (exact) mass is 292 g/mol. The molecule has 0 unspecified atom stereocenters. The Kier molecular flexibility index (Phi) is 4.98. The molecular formula is C15H20N2O2S. The van der Waals surface area contributed by atoms with Crippen molar-refractivity contribution in [2.45, 2.75) is 32.9 Å². The van der Waals surface area contributed by atoms with Crippen molar-refractivity contribution < 1.29 is 9.47 Å². The van der Waals surface area contributed by atoms with E-state index in [1.807, 2.05) is 23.6 Å². The van der Waals surface area contributed by atoms with Gasteiger partial charge in [0, 0.05) is 29.5 Å². The highest BCUT2D eigenvalue weighted by Crippen LogP contribution is 2.26. The van der Waals surface area contributed by atoms with E-state index in [9.17, 15) is 0 Å². The van der Waals surface area contributed by atoms with Crippen LogP contribution in [-0.4, -0.2) is 12.1 Å². The van der Waals surface area contributed by atoms with Crippen LogP contribution in [0.25, 0.3) is 0 Å². The van der Waals surface area contributed by atoms with Gasteiger partial charge in [-0.25, -0.2) is 4.98 Å². The van der Waals surface area contributed by atoms with Gasteiger partial charge < -0.3 is 15.2 Å². The lowest BCUT2D eigenvalue weighted by molar-refractivity contribution is 0.296. The Morgan fingerprint density at radius 3 is 2.75 bits per heavy atom. The number of thiazole rings is 1. The SMILES string of the molecule is COc1ccc(CN)c(OCc2csc(C(C)C)n2)c1. The van der Waals surface area contributed by atoms with Gasteiger partial charge in [0.15, 0.2) is 0 Å². The maximum absolute atomic E-state index is 5.83. The van der Waals surface area contributed by atoms with Gasteiger partial charge in [0.25, 0.3) is 0 Å². The number of benzene rings is 1. The number of hydrogen-bond acceptors (Lipinski definition) is 5. The third-order valence-corrected chi connectivity index (χ3v) is 4.13. The Morgan fingerprint density at radius 2 is 2.15 bits per heavy atom. The minimum Gasteiger partial charge on any atom is -0.497 e. The van der Waals surface area contributed by atoms with Crippen molar-refractivity contribution in [2.24, 2.45) is 5.73 Å². The van der Waals surface area contributed by atoms with Gasteiger partial charge in [-0.15, -0.1) is 11.3 Å². The van der Waals surface area contributed by atoms with Crippen LogP contribution in [0.1, 0.15) is 36.0 Å². The molecule has 108 valence electrons. The fourth-order valence-corrected chi connectivity index (χ4v) is 2.59. The molecular weight excluding hydrogens is 272 g/mol. The average Bonchev–Trinajstić information content (AvgIpc) is 2.93. The Morgan fingerprint density at radius 1 is 1.35 bits per heavy atom. The van der Waals surface area contributed by atoms with E-state index in [1.54, 1.807) is 18.4 Å². The Hall–Kier alpha value is -1.59. The van der Waals surface area contributed by atoms with Gasteiger partial charge in [-0.05, 0) is 6.07 Å². The highest BCUT2D eigenvalue weighted by Gasteiger charge is 2.08. The minimum absolute atomic E-state index is 0.438. The fourth-order valence-electron chi connectivity index (χ4n) is 1.77. The van der Waals surface area contributed by atoms with E-state index in [-0.39, 0.29) is 0 Å². The van der Waals surface area contributed by atoms with Gasteiger partial charge in [-0.3, -0.25) is 0 Å². The summed E-state index contributed by atoms with van der Waals surface area (Å²) in [4.78, 5) is 4.55. The van der Waals surface area contributed by atoms with Crippen LogP contribution in [0.2, 0.25) is 0 Å². The zero-order valence-corrected chi connectivity index (χ0v) is 12.9. The second-order valence-corrected chi connectivity index (χ2v) is 5.69. The Balaban J connectivity index is 2.09. The van der Waals surface area contributed by atoms with Crippen LogP contribution in [0.5, 0.6) is 11.5 Å². The summed E-state index contributed by atoms with van der Waals surface area (Å²) in [6.45, 7) is 5.16. The molecule has 1 aromatic heterocycles. The van der Waals surface area contributed by atoms with E-state index < -0.39 is 0 Å². The predicted molar refractivity (Wildman–Crippen MR) is 81.4 cm³/mol. The van der Waals surface area contributed by atoms with Crippen molar-refractivity contribution in [2.75, 3.05) is 7.11 Å². The van der Waals surface area contributed by atoms with E-state index in [4.69, 9.17) is 15.2 Å². The molecule has 0 aliphatic rings. The van der Waals surface area contributed by atoms with Gasteiger partial charge in [-0.2, -0.15) is 0 Å². The molecule has 0 saturated heterocycles. The average molecular weight is 292 g/mol. The largest absolute Gasteiger partial charge is 0.497 e.